The van der Waals surface area contributed by atoms with Crippen molar-refractivity contribution >= 4 is 6.09 Å². The van der Waals surface area contributed by atoms with Crippen molar-refractivity contribution in [3.05, 3.63) is 35.4 Å². The molecule has 0 aliphatic rings. The molecule has 0 saturated carbocycles. The summed E-state index contributed by atoms with van der Waals surface area (Å²) in [6, 6.07) is 8.78. The molecule has 5 nitrogen and oxygen atoms in total. The van der Waals surface area contributed by atoms with E-state index in [9.17, 15) is 4.79 Å². The number of rotatable bonds is 5. The van der Waals surface area contributed by atoms with Crippen molar-refractivity contribution in [2.45, 2.75) is 12.5 Å². The maximum Gasteiger partial charge on any atom is 0.404 e. The predicted octanol–water partition coefficient (Wildman–Crippen LogP) is 1.38. The number of amides is 1. The molecule has 0 spiro atoms. The highest BCUT2D eigenvalue weighted by atomic mass is 16.5. The summed E-state index contributed by atoms with van der Waals surface area (Å²) in [6.45, 7) is 0.312. The van der Waals surface area contributed by atoms with Crippen molar-refractivity contribution in [2.75, 3.05) is 13.7 Å². The van der Waals surface area contributed by atoms with E-state index >= 15 is 0 Å². The molecule has 1 atom stereocenters. The van der Waals surface area contributed by atoms with Gasteiger partial charge in [0.25, 0.3) is 0 Å². The van der Waals surface area contributed by atoms with Gasteiger partial charge in [0.05, 0.1) is 24.3 Å². The third-order valence-corrected chi connectivity index (χ3v) is 2.26. The van der Waals surface area contributed by atoms with E-state index in [2.05, 4.69) is 5.32 Å². The van der Waals surface area contributed by atoms with Crippen LogP contribution in [0.5, 0.6) is 0 Å². The van der Waals surface area contributed by atoms with Gasteiger partial charge in [-0.1, -0.05) is 12.1 Å². The minimum absolute atomic E-state index is 0.287. The number of benzene rings is 1. The summed E-state index contributed by atoms with van der Waals surface area (Å²) in [5.41, 5.74) is 1.54. The number of carboxylic acid groups (broad SMARTS) is 1. The highest BCUT2D eigenvalue weighted by Gasteiger charge is 2.11. The predicted molar refractivity (Wildman–Crippen MR) is 61.7 cm³/mol. The van der Waals surface area contributed by atoms with Crippen molar-refractivity contribution in [1.82, 2.24) is 5.32 Å². The Bertz CT molecular complexity index is 409. The molecule has 0 aliphatic carbocycles. The van der Waals surface area contributed by atoms with Gasteiger partial charge >= 0.3 is 6.09 Å². The van der Waals surface area contributed by atoms with Gasteiger partial charge in [-0.15, -0.1) is 0 Å². The molecule has 0 aliphatic heterocycles. The quantitative estimate of drug-likeness (QED) is 0.806. The van der Waals surface area contributed by atoms with Gasteiger partial charge in [-0.2, -0.15) is 5.26 Å². The number of ether oxygens (including phenoxy) is 1. The van der Waals surface area contributed by atoms with Gasteiger partial charge in [-0.25, -0.2) is 4.79 Å². The van der Waals surface area contributed by atoms with E-state index in [1.165, 1.54) is 7.11 Å². The Labute approximate surface area is 99.6 Å². The SMILES string of the molecule is COC[C@@H](Cc1ccc(C#N)cc1)NC(=O)O. The zero-order valence-corrected chi connectivity index (χ0v) is 9.51. The molecule has 5 heteroatoms. The lowest BCUT2D eigenvalue weighted by molar-refractivity contribution is 0.151. The average molecular weight is 234 g/mol. The molecule has 1 aromatic carbocycles. The average Bonchev–Trinajstić information content (AvgIpc) is 2.29. The summed E-state index contributed by atoms with van der Waals surface area (Å²) in [5, 5.41) is 19.7. The fourth-order valence-electron chi connectivity index (χ4n) is 1.53. The van der Waals surface area contributed by atoms with Gasteiger partial charge in [0.1, 0.15) is 0 Å². The molecule has 1 aromatic rings. The third kappa shape index (κ3) is 4.53. The van der Waals surface area contributed by atoms with E-state index in [1.54, 1.807) is 12.1 Å². The van der Waals surface area contributed by atoms with Gasteiger partial charge in [0.15, 0.2) is 0 Å². The molecule has 0 radical (unpaired) electrons. The van der Waals surface area contributed by atoms with Crippen LogP contribution in [0.4, 0.5) is 4.79 Å². The van der Waals surface area contributed by atoms with Crippen LogP contribution in [-0.2, 0) is 11.2 Å². The summed E-state index contributed by atoms with van der Waals surface area (Å²) in [5.74, 6) is 0. The summed E-state index contributed by atoms with van der Waals surface area (Å²) in [7, 11) is 1.52. The van der Waals surface area contributed by atoms with Crippen LogP contribution in [0.15, 0.2) is 24.3 Å². The van der Waals surface area contributed by atoms with Gasteiger partial charge in [-0.05, 0) is 24.1 Å². The molecule has 90 valence electrons. The number of methoxy groups -OCH3 is 1. The van der Waals surface area contributed by atoms with Crippen LogP contribution in [0.25, 0.3) is 0 Å². The standard InChI is InChI=1S/C12H14N2O3/c1-17-8-11(14-12(15)16)6-9-2-4-10(7-13)5-3-9/h2-5,11,14H,6,8H2,1H3,(H,15,16)/t11-/m1/s1. The first kappa shape index (κ1) is 13.0. The number of carbonyl (C=O) groups is 1. The number of hydrogen-bond donors (Lipinski definition) is 2. The minimum atomic E-state index is -1.07. The second-order valence-electron chi connectivity index (χ2n) is 3.61. The Kier molecular flexibility index (Phi) is 4.98. The van der Waals surface area contributed by atoms with Crippen LogP contribution in [0, 0.1) is 11.3 Å². The molecule has 1 rings (SSSR count). The van der Waals surface area contributed by atoms with E-state index < -0.39 is 6.09 Å². The number of nitrogens with zero attached hydrogens (tertiary/aromatic N) is 1. The Morgan fingerprint density at radius 1 is 1.53 bits per heavy atom. The smallest absolute Gasteiger partial charge is 0.404 e. The normalized spacial score (nSPS) is 11.5. The van der Waals surface area contributed by atoms with Crippen molar-refractivity contribution in [3.63, 3.8) is 0 Å². The van der Waals surface area contributed by atoms with Gasteiger partial charge < -0.3 is 15.2 Å². The molecular weight excluding hydrogens is 220 g/mol. The van der Waals surface area contributed by atoms with Crippen molar-refractivity contribution in [3.8, 4) is 6.07 Å². The third-order valence-electron chi connectivity index (χ3n) is 2.26. The van der Waals surface area contributed by atoms with Crippen molar-refractivity contribution in [1.29, 1.82) is 5.26 Å². The van der Waals surface area contributed by atoms with Gasteiger partial charge in [0, 0.05) is 7.11 Å². The van der Waals surface area contributed by atoms with Gasteiger partial charge in [-0.3, -0.25) is 0 Å². The summed E-state index contributed by atoms with van der Waals surface area (Å²) < 4.78 is 4.94. The fourth-order valence-corrected chi connectivity index (χ4v) is 1.53. The first-order chi connectivity index (χ1) is 8.15. The summed E-state index contributed by atoms with van der Waals surface area (Å²) in [6.07, 6.45) is -0.535. The lowest BCUT2D eigenvalue weighted by Gasteiger charge is -2.15. The maximum absolute atomic E-state index is 10.6. The molecule has 0 aromatic heterocycles. The molecule has 17 heavy (non-hydrogen) atoms. The lowest BCUT2D eigenvalue weighted by atomic mass is 10.1. The summed E-state index contributed by atoms with van der Waals surface area (Å²) in [4.78, 5) is 10.6. The van der Waals surface area contributed by atoms with E-state index in [-0.39, 0.29) is 6.04 Å². The lowest BCUT2D eigenvalue weighted by Crippen LogP contribution is -2.38. The number of nitrogens with one attached hydrogen (secondary N) is 1. The molecule has 0 fully saturated rings. The molecule has 2 N–H and O–H groups in total. The first-order valence-electron chi connectivity index (χ1n) is 5.13. The van der Waals surface area contributed by atoms with E-state index in [4.69, 9.17) is 15.1 Å². The monoisotopic (exact) mass is 234 g/mol. The first-order valence-corrected chi connectivity index (χ1v) is 5.13. The van der Waals surface area contributed by atoms with Crippen LogP contribution in [-0.4, -0.2) is 31.0 Å². The molecular formula is C12H14N2O3. The second kappa shape index (κ2) is 6.51. The van der Waals surface area contributed by atoms with Crippen molar-refractivity contribution in [2.24, 2.45) is 0 Å². The second-order valence-corrected chi connectivity index (χ2v) is 3.61. The highest BCUT2D eigenvalue weighted by Crippen LogP contribution is 2.06. The topological polar surface area (TPSA) is 82.3 Å². The zero-order chi connectivity index (χ0) is 12.7. The Balaban J connectivity index is 2.65. The maximum atomic E-state index is 10.6. The van der Waals surface area contributed by atoms with Crippen LogP contribution in [0.1, 0.15) is 11.1 Å². The molecule has 0 saturated heterocycles. The van der Waals surface area contributed by atoms with Crippen LogP contribution >= 0.6 is 0 Å². The minimum Gasteiger partial charge on any atom is -0.465 e. The van der Waals surface area contributed by atoms with Crippen LogP contribution in [0.3, 0.4) is 0 Å². The van der Waals surface area contributed by atoms with E-state index in [0.717, 1.165) is 5.56 Å². The van der Waals surface area contributed by atoms with Crippen LogP contribution < -0.4 is 5.32 Å². The Morgan fingerprint density at radius 3 is 2.65 bits per heavy atom. The van der Waals surface area contributed by atoms with Crippen LogP contribution in [0.2, 0.25) is 0 Å². The molecule has 0 unspecified atom stereocenters. The summed E-state index contributed by atoms with van der Waals surface area (Å²) >= 11 is 0. The molecule has 0 bridgehead atoms. The van der Waals surface area contributed by atoms with E-state index in [1.807, 2.05) is 18.2 Å². The Hall–Kier alpha value is -2.06. The van der Waals surface area contributed by atoms with Crippen molar-refractivity contribution < 1.29 is 14.6 Å². The zero-order valence-electron chi connectivity index (χ0n) is 9.51. The number of nitriles is 1. The van der Waals surface area contributed by atoms with Gasteiger partial charge in [0.2, 0.25) is 0 Å². The number of hydrogen-bond acceptors (Lipinski definition) is 3. The highest BCUT2D eigenvalue weighted by molar-refractivity contribution is 5.64. The molecule has 0 heterocycles. The Morgan fingerprint density at radius 2 is 2.18 bits per heavy atom. The fraction of sp³-hybridized carbons (Fsp3) is 0.333. The van der Waals surface area contributed by atoms with E-state index in [0.29, 0.717) is 18.6 Å². The largest absolute Gasteiger partial charge is 0.465 e. The molecule has 1 amide bonds.